The number of hydrogen-bond acceptors (Lipinski definition) is 1. The van der Waals surface area contributed by atoms with Crippen LogP contribution in [0.4, 0.5) is 0 Å². The quantitative estimate of drug-likeness (QED) is 0.192. The molecule has 0 fully saturated rings. The summed E-state index contributed by atoms with van der Waals surface area (Å²) in [5, 5.41) is 0. The van der Waals surface area contributed by atoms with Gasteiger partial charge in [0.25, 0.3) is 0 Å². The first kappa shape index (κ1) is 7.30. The van der Waals surface area contributed by atoms with Gasteiger partial charge in [0.2, 0.25) is 0 Å². The van der Waals surface area contributed by atoms with Crippen molar-refractivity contribution in [3.05, 3.63) is 18.8 Å². The van der Waals surface area contributed by atoms with E-state index in [0.717, 1.165) is 13.0 Å². The maximum atomic E-state index is 4.86. The van der Waals surface area contributed by atoms with E-state index in [9.17, 15) is 0 Å². The molecule has 1 aliphatic rings. The Morgan fingerprint density at radius 2 is 2.29 bits per heavy atom. The molecule has 0 saturated heterocycles. The van der Waals surface area contributed by atoms with Crippen LogP contribution in [-0.4, -0.2) is 6.61 Å². The predicted molar refractivity (Wildman–Crippen MR) is 24.0 cm³/mol. The van der Waals surface area contributed by atoms with E-state index in [1.54, 1.807) is 6.61 Å². The molecule has 0 spiro atoms. The minimum Gasteiger partial charge on any atom is -0.549 e. The molecule has 1 heterocycles. The third-order valence-corrected chi connectivity index (χ3v) is 0.709. The Morgan fingerprint density at radius 1 is 1.43 bits per heavy atom. The van der Waals surface area contributed by atoms with Crippen LogP contribution in [0.3, 0.4) is 0 Å². The zero-order valence-electron chi connectivity index (χ0n) is 4.55. The van der Waals surface area contributed by atoms with E-state index >= 15 is 0 Å². The largest absolute Gasteiger partial charge is 1.00 e. The van der Waals surface area contributed by atoms with Gasteiger partial charge in [-0.3, -0.25) is 0 Å². The van der Waals surface area contributed by atoms with Gasteiger partial charge in [-0.2, -0.15) is 0 Å². The average Bonchev–Trinajstić information content (AvgIpc) is 1.72. The molecule has 0 atom stereocenters. The second-order valence-corrected chi connectivity index (χ2v) is 1.21. The molecule has 1 nitrogen and oxygen atoms in total. The van der Waals surface area contributed by atoms with Gasteiger partial charge in [-0.25, -0.2) is 6.61 Å². The Bertz CT molecular complexity index is 53.1. The second kappa shape index (κ2) is 4.46. The maximum Gasteiger partial charge on any atom is 1.00 e. The van der Waals surface area contributed by atoms with Crippen LogP contribution < -0.4 is 18.9 Å². The Labute approximate surface area is 55.9 Å². The fraction of sp³-hybridized carbons (Fsp3) is 0.400. The van der Waals surface area contributed by atoms with Gasteiger partial charge in [0.15, 0.2) is 0 Å². The standard InChI is InChI=1S/C5H7O.Li/c1-2-4-6-5-3-1;/h1-2,5H,3-4H2;/q-1;+1. The fourth-order valence-electron chi connectivity index (χ4n) is 0.411. The van der Waals surface area contributed by atoms with Gasteiger partial charge in [-0.05, 0) is 0 Å². The summed E-state index contributed by atoms with van der Waals surface area (Å²) in [6.45, 7) is 2.57. The van der Waals surface area contributed by atoms with E-state index in [4.69, 9.17) is 4.74 Å². The Balaban J connectivity index is 0.000000360. The first-order valence-corrected chi connectivity index (χ1v) is 2.08. The van der Waals surface area contributed by atoms with Crippen LogP contribution in [0, 0.1) is 6.61 Å². The third kappa shape index (κ3) is 2.93. The monoisotopic (exact) mass is 90.1 g/mol. The van der Waals surface area contributed by atoms with Crippen LogP contribution >= 0.6 is 0 Å². The summed E-state index contributed by atoms with van der Waals surface area (Å²) in [6.07, 6.45) is 5.07. The van der Waals surface area contributed by atoms with Crippen molar-refractivity contribution in [2.24, 2.45) is 0 Å². The predicted octanol–water partition coefficient (Wildman–Crippen LogP) is -1.87. The maximum absolute atomic E-state index is 4.86. The van der Waals surface area contributed by atoms with E-state index in [0.29, 0.717) is 0 Å². The molecule has 34 valence electrons. The van der Waals surface area contributed by atoms with Gasteiger partial charge < -0.3 is 4.74 Å². The first-order valence-electron chi connectivity index (χ1n) is 2.08. The molecule has 0 aliphatic carbocycles. The molecule has 0 bridgehead atoms. The molecule has 0 amide bonds. The normalized spacial score (nSPS) is 18.3. The van der Waals surface area contributed by atoms with Crippen molar-refractivity contribution >= 4 is 0 Å². The van der Waals surface area contributed by atoms with Gasteiger partial charge in [0, 0.05) is 6.61 Å². The van der Waals surface area contributed by atoms with Crippen LogP contribution in [0.1, 0.15) is 6.42 Å². The summed E-state index contributed by atoms with van der Waals surface area (Å²) in [7, 11) is 0. The topological polar surface area (TPSA) is 9.23 Å². The van der Waals surface area contributed by atoms with Crippen LogP contribution in [0.5, 0.6) is 0 Å². The molecule has 0 aromatic rings. The van der Waals surface area contributed by atoms with Crippen molar-refractivity contribution in [2.75, 3.05) is 6.61 Å². The molecule has 0 unspecified atom stereocenters. The third-order valence-electron chi connectivity index (χ3n) is 0.709. The minimum atomic E-state index is 0. The molecular formula is C5H7LiO. The molecular weight excluding hydrogens is 83.0 g/mol. The van der Waals surface area contributed by atoms with Gasteiger partial charge in [0.05, 0.1) is 0 Å². The summed E-state index contributed by atoms with van der Waals surface area (Å²) in [4.78, 5) is 0. The van der Waals surface area contributed by atoms with Gasteiger partial charge in [0.1, 0.15) is 0 Å². The van der Waals surface area contributed by atoms with E-state index in [1.165, 1.54) is 0 Å². The minimum absolute atomic E-state index is 0. The van der Waals surface area contributed by atoms with E-state index < -0.39 is 0 Å². The van der Waals surface area contributed by atoms with Crippen molar-refractivity contribution in [1.82, 2.24) is 0 Å². The number of ether oxygens (including phenoxy) is 1. The Hall–Kier alpha value is 0.297. The van der Waals surface area contributed by atoms with E-state index in [1.807, 2.05) is 6.08 Å². The molecule has 0 N–H and O–H groups in total. The van der Waals surface area contributed by atoms with Gasteiger partial charge >= 0.3 is 18.9 Å². The van der Waals surface area contributed by atoms with Crippen molar-refractivity contribution in [1.29, 1.82) is 0 Å². The van der Waals surface area contributed by atoms with Crippen LogP contribution in [0.2, 0.25) is 0 Å². The molecule has 0 aromatic heterocycles. The number of rotatable bonds is 0. The summed E-state index contributed by atoms with van der Waals surface area (Å²) in [5.41, 5.74) is 0. The zero-order valence-corrected chi connectivity index (χ0v) is 4.55. The zero-order chi connectivity index (χ0) is 4.24. The number of hydrogen-bond donors (Lipinski definition) is 0. The molecule has 0 saturated carbocycles. The van der Waals surface area contributed by atoms with E-state index in [-0.39, 0.29) is 18.9 Å². The van der Waals surface area contributed by atoms with Crippen molar-refractivity contribution in [2.45, 2.75) is 6.42 Å². The summed E-state index contributed by atoms with van der Waals surface area (Å²) in [5.74, 6) is 0. The molecule has 0 radical (unpaired) electrons. The molecule has 1 aliphatic heterocycles. The van der Waals surface area contributed by atoms with Crippen molar-refractivity contribution in [3.8, 4) is 0 Å². The van der Waals surface area contributed by atoms with Crippen LogP contribution in [-0.2, 0) is 4.74 Å². The van der Waals surface area contributed by atoms with Crippen LogP contribution in [0.15, 0.2) is 12.2 Å². The SMILES string of the molecule is C1=CCO[CH-]C1.[Li+]. The smallest absolute Gasteiger partial charge is 0.549 e. The van der Waals surface area contributed by atoms with Crippen LogP contribution in [0.25, 0.3) is 0 Å². The second-order valence-electron chi connectivity index (χ2n) is 1.21. The summed E-state index contributed by atoms with van der Waals surface area (Å²) in [6, 6.07) is 0. The first-order chi connectivity index (χ1) is 3.00. The van der Waals surface area contributed by atoms with Crippen molar-refractivity contribution < 1.29 is 23.6 Å². The average molecular weight is 90.1 g/mol. The Kier molecular flexibility index (Phi) is 4.65. The molecule has 0 aromatic carbocycles. The Morgan fingerprint density at radius 3 is 2.43 bits per heavy atom. The summed E-state index contributed by atoms with van der Waals surface area (Å²) >= 11 is 0. The fourth-order valence-corrected chi connectivity index (χ4v) is 0.411. The molecule has 7 heavy (non-hydrogen) atoms. The molecule has 1 rings (SSSR count). The van der Waals surface area contributed by atoms with Gasteiger partial charge in [-0.1, -0.05) is 6.08 Å². The van der Waals surface area contributed by atoms with E-state index in [2.05, 4.69) is 6.08 Å². The molecule has 2 heteroatoms. The summed E-state index contributed by atoms with van der Waals surface area (Å²) < 4.78 is 4.86. The van der Waals surface area contributed by atoms with Crippen molar-refractivity contribution in [3.63, 3.8) is 0 Å². The van der Waals surface area contributed by atoms with Gasteiger partial charge in [-0.15, -0.1) is 12.5 Å².